The van der Waals surface area contributed by atoms with Crippen LogP contribution < -0.4 is 15.5 Å². The molecule has 3 fully saturated rings. The maximum atomic E-state index is 5.62. The molecule has 1 aliphatic carbocycles. The fourth-order valence-electron chi connectivity index (χ4n) is 5.43. The molecule has 6 heteroatoms. The number of guanidine groups is 1. The number of para-hydroxylation sites is 1. The standard InChI is InChI=1S/C24H39N5O/c1-25-23(26-18-21-10-13-28(19-21)22-8-4-2-5-9-22)27-20-24(11-6-3-7-12-24)29-14-16-30-17-15-29/h2,4-5,8-9,21H,3,6-7,10-20H2,1H3,(H2,25,26,27). The fraction of sp³-hybridized carbons (Fsp3) is 0.708. The number of hydrogen-bond donors (Lipinski definition) is 2. The van der Waals surface area contributed by atoms with Crippen molar-refractivity contribution >= 4 is 11.6 Å². The van der Waals surface area contributed by atoms with E-state index in [-0.39, 0.29) is 5.54 Å². The number of nitrogens with zero attached hydrogens (tertiary/aromatic N) is 3. The van der Waals surface area contributed by atoms with Crippen molar-refractivity contribution in [1.29, 1.82) is 0 Å². The normalized spacial score (nSPS) is 25.3. The van der Waals surface area contributed by atoms with Crippen LogP contribution in [0.4, 0.5) is 5.69 Å². The van der Waals surface area contributed by atoms with Crippen LogP contribution in [0.2, 0.25) is 0 Å². The lowest BCUT2D eigenvalue weighted by molar-refractivity contribution is -0.0352. The maximum absolute atomic E-state index is 5.62. The molecule has 30 heavy (non-hydrogen) atoms. The van der Waals surface area contributed by atoms with Crippen LogP contribution in [0.15, 0.2) is 35.3 Å². The lowest BCUT2D eigenvalue weighted by Gasteiger charge is -2.48. The maximum Gasteiger partial charge on any atom is 0.191 e. The van der Waals surface area contributed by atoms with Crippen molar-refractivity contribution in [1.82, 2.24) is 15.5 Å². The summed E-state index contributed by atoms with van der Waals surface area (Å²) in [5.74, 6) is 1.61. The van der Waals surface area contributed by atoms with Gasteiger partial charge in [-0.25, -0.2) is 0 Å². The Balaban J connectivity index is 1.27. The predicted molar refractivity (Wildman–Crippen MR) is 124 cm³/mol. The number of rotatable bonds is 6. The SMILES string of the molecule is CN=C(NCC1CCN(c2ccccc2)C1)NCC1(N2CCOCC2)CCCCC1. The first kappa shape index (κ1) is 21.4. The Kier molecular flexibility index (Phi) is 7.50. The molecule has 1 atom stereocenters. The predicted octanol–water partition coefficient (Wildman–Crippen LogP) is 2.71. The lowest BCUT2D eigenvalue weighted by Crippen LogP contribution is -2.60. The minimum atomic E-state index is 0.261. The van der Waals surface area contributed by atoms with Crippen LogP contribution in [0.3, 0.4) is 0 Å². The third-order valence-electron chi connectivity index (χ3n) is 7.24. The zero-order valence-electron chi connectivity index (χ0n) is 18.6. The fourth-order valence-corrected chi connectivity index (χ4v) is 5.43. The van der Waals surface area contributed by atoms with E-state index in [9.17, 15) is 0 Å². The van der Waals surface area contributed by atoms with E-state index in [4.69, 9.17) is 4.74 Å². The number of aliphatic imine (C=N–C) groups is 1. The molecule has 0 bridgehead atoms. The summed E-state index contributed by atoms with van der Waals surface area (Å²) < 4.78 is 5.62. The molecule has 1 aromatic carbocycles. The summed E-state index contributed by atoms with van der Waals surface area (Å²) in [6.45, 7) is 8.08. The molecule has 0 aromatic heterocycles. The van der Waals surface area contributed by atoms with Crippen molar-refractivity contribution in [3.8, 4) is 0 Å². The first-order valence-corrected chi connectivity index (χ1v) is 11.9. The van der Waals surface area contributed by atoms with Gasteiger partial charge in [0.25, 0.3) is 0 Å². The number of nitrogens with one attached hydrogen (secondary N) is 2. The molecule has 1 aromatic rings. The van der Waals surface area contributed by atoms with Crippen molar-refractivity contribution in [3.05, 3.63) is 30.3 Å². The molecule has 3 aliphatic rings. The smallest absolute Gasteiger partial charge is 0.191 e. The van der Waals surface area contributed by atoms with Gasteiger partial charge in [-0.05, 0) is 37.3 Å². The summed E-state index contributed by atoms with van der Waals surface area (Å²) in [6.07, 6.45) is 7.84. The Morgan fingerprint density at radius 1 is 1.07 bits per heavy atom. The molecule has 4 rings (SSSR count). The van der Waals surface area contributed by atoms with E-state index in [1.807, 2.05) is 7.05 Å². The second kappa shape index (κ2) is 10.5. The molecular weight excluding hydrogens is 374 g/mol. The summed E-state index contributed by atoms with van der Waals surface area (Å²) in [5.41, 5.74) is 1.60. The Hall–Kier alpha value is -1.79. The van der Waals surface area contributed by atoms with E-state index in [0.717, 1.165) is 58.4 Å². The lowest BCUT2D eigenvalue weighted by atomic mass is 9.80. The highest BCUT2D eigenvalue weighted by Crippen LogP contribution is 2.33. The van der Waals surface area contributed by atoms with Gasteiger partial charge in [-0.15, -0.1) is 0 Å². The minimum Gasteiger partial charge on any atom is -0.379 e. The third kappa shape index (κ3) is 5.27. The van der Waals surface area contributed by atoms with Crippen molar-refractivity contribution in [2.24, 2.45) is 10.9 Å². The molecule has 166 valence electrons. The zero-order valence-corrected chi connectivity index (χ0v) is 18.6. The van der Waals surface area contributed by atoms with Crippen molar-refractivity contribution in [2.75, 3.05) is 64.4 Å². The topological polar surface area (TPSA) is 52.1 Å². The average Bonchev–Trinajstić information content (AvgIpc) is 3.30. The molecule has 2 N–H and O–H groups in total. The van der Waals surface area contributed by atoms with Gasteiger partial charge in [0, 0.05) is 57.5 Å². The second-order valence-electron chi connectivity index (χ2n) is 9.13. The van der Waals surface area contributed by atoms with Crippen molar-refractivity contribution < 1.29 is 4.74 Å². The zero-order chi connectivity index (χ0) is 20.7. The summed E-state index contributed by atoms with van der Waals surface area (Å²) in [5, 5.41) is 7.30. The summed E-state index contributed by atoms with van der Waals surface area (Å²) in [4.78, 5) is 9.71. The number of anilines is 1. The first-order chi connectivity index (χ1) is 14.8. The molecule has 6 nitrogen and oxygen atoms in total. The number of benzene rings is 1. The van der Waals surface area contributed by atoms with Gasteiger partial charge in [0.05, 0.1) is 13.2 Å². The molecule has 0 radical (unpaired) electrons. The average molecular weight is 414 g/mol. The Morgan fingerprint density at radius 2 is 1.83 bits per heavy atom. The third-order valence-corrected chi connectivity index (χ3v) is 7.24. The van der Waals surface area contributed by atoms with Crippen LogP contribution >= 0.6 is 0 Å². The molecule has 2 aliphatic heterocycles. The molecule has 2 heterocycles. The van der Waals surface area contributed by atoms with Crippen LogP contribution in [-0.2, 0) is 4.74 Å². The largest absolute Gasteiger partial charge is 0.379 e. The van der Waals surface area contributed by atoms with E-state index in [0.29, 0.717) is 5.92 Å². The number of ether oxygens (including phenoxy) is 1. The molecule has 1 saturated carbocycles. The van der Waals surface area contributed by atoms with Gasteiger partial charge in [-0.1, -0.05) is 37.5 Å². The Morgan fingerprint density at radius 3 is 2.57 bits per heavy atom. The highest BCUT2D eigenvalue weighted by Gasteiger charge is 2.38. The van der Waals surface area contributed by atoms with E-state index >= 15 is 0 Å². The monoisotopic (exact) mass is 413 g/mol. The molecule has 1 unspecified atom stereocenters. The van der Waals surface area contributed by atoms with E-state index in [1.54, 1.807) is 0 Å². The number of morpholine rings is 1. The van der Waals surface area contributed by atoms with Crippen LogP contribution in [-0.4, -0.2) is 75.9 Å². The molecular formula is C24H39N5O. The molecule has 2 saturated heterocycles. The van der Waals surface area contributed by atoms with E-state index in [1.165, 1.54) is 44.2 Å². The van der Waals surface area contributed by atoms with E-state index < -0.39 is 0 Å². The minimum absolute atomic E-state index is 0.261. The van der Waals surface area contributed by atoms with Crippen LogP contribution in [0.5, 0.6) is 0 Å². The summed E-state index contributed by atoms with van der Waals surface area (Å²) in [7, 11) is 1.89. The van der Waals surface area contributed by atoms with Gasteiger partial charge in [0.1, 0.15) is 0 Å². The molecule has 0 spiro atoms. The highest BCUT2D eigenvalue weighted by atomic mass is 16.5. The van der Waals surface area contributed by atoms with Gasteiger partial charge in [-0.2, -0.15) is 0 Å². The summed E-state index contributed by atoms with van der Waals surface area (Å²) >= 11 is 0. The van der Waals surface area contributed by atoms with Crippen LogP contribution in [0.25, 0.3) is 0 Å². The Bertz CT molecular complexity index is 667. The van der Waals surface area contributed by atoms with Gasteiger partial charge < -0.3 is 20.3 Å². The Labute approximate surface area is 182 Å². The second-order valence-corrected chi connectivity index (χ2v) is 9.13. The first-order valence-electron chi connectivity index (χ1n) is 11.9. The van der Waals surface area contributed by atoms with Crippen LogP contribution in [0, 0.1) is 5.92 Å². The number of hydrogen-bond acceptors (Lipinski definition) is 4. The van der Waals surface area contributed by atoms with Gasteiger partial charge >= 0.3 is 0 Å². The van der Waals surface area contributed by atoms with Gasteiger partial charge in [0.15, 0.2) is 5.96 Å². The van der Waals surface area contributed by atoms with Crippen molar-refractivity contribution in [3.63, 3.8) is 0 Å². The van der Waals surface area contributed by atoms with Gasteiger partial charge in [0.2, 0.25) is 0 Å². The van der Waals surface area contributed by atoms with Crippen LogP contribution in [0.1, 0.15) is 38.5 Å². The van der Waals surface area contributed by atoms with E-state index in [2.05, 4.69) is 55.8 Å². The quantitative estimate of drug-likeness (QED) is 0.555. The highest BCUT2D eigenvalue weighted by molar-refractivity contribution is 5.79. The van der Waals surface area contributed by atoms with Crippen molar-refractivity contribution in [2.45, 2.75) is 44.1 Å². The van der Waals surface area contributed by atoms with Gasteiger partial charge in [-0.3, -0.25) is 9.89 Å². The molecule has 0 amide bonds. The summed E-state index contributed by atoms with van der Waals surface area (Å²) in [6, 6.07) is 10.8.